The summed E-state index contributed by atoms with van der Waals surface area (Å²) in [4.78, 5) is 12.3. The number of ether oxygens (including phenoxy) is 2. The van der Waals surface area contributed by atoms with E-state index in [1.807, 2.05) is 19.1 Å². The van der Waals surface area contributed by atoms with Crippen LogP contribution in [0.5, 0.6) is 11.5 Å². The van der Waals surface area contributed by atoms with Crippen molar-refractivity contribution in [3.8, 4) is 11.5 Å². The molecule has 0 aliphatic carbocycles. The van der Waals surface area contributed by atoms with Crippen molar-refractivity contribution < 1.29 is 14.3 Å². The molecule has 1 aliphatic heterocycles. The normalized spacial score (nSPS) is 18.7. The summed E-state index contributed by atoms with van der Waals surface area (Å²) < 4.78 is 10.8. The first kappa shape index (κ1) is 15.6. The molecular weight excluding hydrogens is 268 g/mol. The quantitative estimate of drug-likeness (QED) is 0.875. The van der Waals surface area contributed by atoms with Gasteiger partial charge in [0, 0.05) is 11.8 Å². The molecule has 5 heteroatoms. The summed E-state index contributed by atoms with van der Waals surface area (Å²) in [6.07, 6.45) is 4.31. The maximum absolute atomic E-state index is 12.3. The SMILES string of the molecule is CCOc1ccc(NC(=O)C2CCCCCN2)cc1OC. The van der Waals surface area contributed by atoms with E-state index in [2.05, 4.69) is 10.6 Å². The van der Waals surface area contributed by atoms with Crippen LogP contribution >= 0.6 is 0 Å². The number of carbonyl (C=O) groups is 1. The van der Waals surface area contributed by atoms with Crippen LogP contribution in [0, 0.1) is 0 Å². The third-order valence-corrected chi connectivity index (χ3v) is 3.61. The lowest BCUT2D eigenvalue weighted by Crippen LogP contribution is -2.39. The number of anilines is 1. The molecule has 1 heterocycles. The Bertz CT molecular complexity index is 469. The van der Waals surface area contributed by atoms with Gasteiger partial charge in [-0.1, -0.05) is 12.8 Å². The Morgan fingerprint density at radius 1 is 1.33 bits per heavy atom. The molecule has 1 unspecified atom stereocenters. The van der Waals surface area contributed by atoms with Crippen LogP contribution in [-0.2, 0) is 4.79 Å². The largest absolute Gasteiger partial charge is 0.493 e. The van der Waals surface area contributed by atoms with Gasteiger partial charge < -0.3 is 20.1 Å². The molecule has 0 aromatic heterocycles. The first-order chi connectivity index (χ1) is 10.2. The zero-order chi connectivity index (χ0) is 15.1. The van der Waals surface area contributed by atoms with Gasteiger partial charge in [-0.2, -0.15) is 0 Å². The number of methoxy groups -OCH3 is 1. The van der Waals surface area contributed by atoms with Gasteiger partial charge in [-0.15, -0.1) is 0 Å². The van der Waals surface area contributed by atoms with Crippen molar-refractivity contribution in [1.29, 1.82) is 0 Å². The van der Waals surface area contributed by atoms with E-state index in [0.717, 1.165) is 31.5 Å². The summed E-state index contributed by atoms with van der Waals surface area (Å²) >= 11 is 0. The van der Waals surface area contributed by atoms with E-state index >= 15 is 0 Å². The van der Waals surface area contributed by atoms with Crippen molar-refractivity contribution in [2.45, 2.75) is 38.6 Å². The van der Waals surface area contributed by atoms with Crippen molar-refractivity contribution in [1.82, 2.24) is 5.32 Å². The Kier molecular flexibility index (Phi) is 5.87. The van der Waals surface area contributed by atoms with E-state index in [0.29, 0.717) is 18.1 Å². The van der Waals surface area contributed by atoms with Gasteiger partial charge in [-0.3, -0.25) is 4.79 Å². The van der Waals surface area contributed by atoms with Gasteiger partial charge in [0.1, 0.15) is 0 Å². The summed E-state index contributed by atoms with van der Waals surface area (Å²) in [7, 11) is 1.59. The number of hydrogen-bond acceptors (Lipinski definition) is 4. The molecule has 2 N–H and O–H groups in total. The van der Waals surface area contributed by atoms with E-state index < -0.39 is 0 Å². The molecular formula is C16H24N2O3. The Morgan fingerprint density at radius 3 is 2.95 bits per heavy atom. The van der Waals surface area contributed by atoms with Crippen LogP contribution in [-0.4, -0.2) is 32.2 Å². The fourth-order valence-electron chi connectivity index (χ4n) is 2.50. The fourth-order valence-corrected chi connectivity index (χ4v) is 2.50. The van der Waals surface area contributed by atoms with Gasteiger partial charge in [-0.25, -0.2) is 0 Å². The third kappa shape index (κ3) is 4.36. The highest BCUT2D eigenvalue weighted by atomic mass is 16.5. The maximum Gasteiger partial charge on any atom is 0.241 e. The summed E-state index contributed by atoms with van der Waals surface area (Å²) in [5.41, 5.74) is 0.728. The lowest BCUT2D eigenvalue weighted by atomic mass is 10.1. The Hall–Kier alpha value is -1.75. The van der Waals surface area contributed by atoms with E-state index in [-0.39, 0.29) is 11.9 Å². The number of amides is 1. The topological polar surface area (TPSA) is 59.6 Å². The second kappa shape index (κ2) is 7.88. The number of nitrogens with one attached hydrogen (secondary N) is 2. The van der Waals surface area contributed by atoms with Crippen LogP contribution in [0.15, 0.2) is 18.2 Å². The molecule has 1 atom stereocenters. The highest BCUT2D eigenvalue weighted by molar-refractivity contribution is 5.95. The minimum absolute atomic E-state index is 0.0168. The van der Waals surface area contributed by atoms with Crippen LogP contribution in [0.4, 0.5) is 5.69 Å². The molecule has 1 fully saturated rings. The minimum Gasteiger partial charge on any atom is -0.493 e. The van der Waals surface area contributed by atoms with Gasteiger partial charge in [0.05, 0.1) is 19.8 Å². The molecule has 21 heavy (non-hydrogen) atoms. The third-order valence-electron chi connectivity index (χ3n) is 3.61. The zero-order valence-electron chi connectivity index (χ0n) is 12.8. The summed E-state index contributed by atoms with van der Waals surface area (Å²) in [5, 5.41) is 6.24. The summed E-state index contributed by atoms with van der Waals surface area (Å²) in [6.45, 7) is 3.41. The Balaban J connectivity index is 2.02. The Morgan fingerprint density at radius 2 is 2.19 bits per heavy atom. The number of hydrogen-bond donors (Lipinski definition) is 2. The monoisotopic (exact) mass is 292 g/mol. The molecule has 116 valence electrons. The van der Waals surface area contributed by atoms with Gasteiger partial charge in [0.15, 0.2) is 11.5 Å². The molecule has 1 amide bonds. The average Bonchev–Trinajstić information content (AvgIpc) is 2.78. The molecule has 1 aromatic carbocycles. The molecule has 1 aliphatic rings. The second-order valence-corrected chi connectivity index (χ2v) is 5.14. The zero-order valence-corrected chi connectivity index (χ0v) is 12.8. The Labute approximate surface area is 126 Å². The van der Waals surface area contributed by atoms with Crippen molar-refractivity contribution in [2.75, 3.05) is 25.6 Å². The molecule has 0 bridgehead atoms. The van der Waals surface area contributed by atoms with E-state index in [4.69, 9.17) is 9.47 Å². The van der Waals surface area contributed by atoms with Gasteiger partial charge in [0.2, 0.25) is 5.91 Å². The number of benzene rings is 1. The van der Waals surface area contributed by atoms with Crippen LogP contribution in [0.25, 0.3) is 0 Å². The van der Waals surface area contributed by atoms with Crippen LogP contribution in [0.3, 0.4) is 0 Å². The van der Waals surface area contributed by atoms with Crippen LogP contribution in [0.2, 0.25) is 0 Å². The molecule has 0 radical (unpaired) electrons. The standard InChI is InChI=1S/C16H24N2O3/c1-3-21-14-9-8-12(11-15(14)20-2)18-16(19)13-7-5-4-6-10-17-13/h8-9,11,13,17H,3-7,10H2,1-2H3,(H,18,19). The molecule has 1 aromatic rings. The highest BCUT2D eigenvalue weighted by Crippen LogP contribution is 2.30. The molecule has 1 saturated heterocycles. The fraction of sp³-hybridized carbons (Fsp3) is 0.562. The van der Waals surface area contributed by atoms with Crippen LogP contribution < -0.4 is 20.1 Å². The smallest absolute Gasteiger partial charge is 0.241 e. The molecule has 2 rings (SSSR count). The first-order valence-electron chi connectivity index (χ1n) is 7.59. The van der Waals surface area contributed by atoms with Crippen molar-refractivity contribution >= 4 is 11.6 Å². The number of rotatable bonds is 5. The van der Waals surface area contributed by atoms with Gasteiger partial charge >= 0.3 is 0 Å². The van der Waals surface area contributed by atoms with E-state index in [1.54, 1.807) is 13.2 Å². The minimum atomic E-state index is -0.106. The average molecular weight is 292 g/mol. The lowest BCUT2D eigenvalue weighted by molar-refractivity contribution is -0.118. The van der Waals surface area contributed by atoms with Crippen LogP contribution in [0.1, 0.15) is 32.6 Å². The second-order valence-electron chi connectivity index (χ2n) is 5.14. The molecule has 5 nitrogen and oxygen atoms in total. The predicted octanol–water partition coefficient (Wildman–Crippen LogP) is 2.56. The summed E-state index contributed by atoms with van der Waals surface area (Å²) in [5.74, 6) is 1.33. The molecule has 0 saturated carbocycles. The first-order valence-corrected chi connectivity index (χ1v) is 7.59. The van der Waals surface area contributed by atoms with E-state index in [9.17, 15) is 4.79 Å². The number of carbonyl (C=O) groups excluding carboxylic acids is 1. The van der Waals surface area contributed by atoms with Gasteiger partial charge in [0.25, 0.3) is 0 Å². The van der Waals surface area contributed by atoms with E-state index in [1.165, 1.54) is 6.42 Å². The maximum atomic E-state index is 12.3. The van der Waals surface area contributed by atoms with Gasteiger partial charge in [-0.05, 0) is 38.4 Å². The lowest BCUT2D eigenvalue weighted by Gasteiger charge is -2.16. The van der Waals surface area contributed by atoms with Crippen molar-refractivity contribution in [3.05, 3.63) is 18.2 Å². The van der Waals surface area contributed by atoms with Crippen molar-refractivity contribution in [2.24, 2.45) is 0 Å². The highest BCUT2D eigenvalue weighted by Gasteiger charge is 2.19. The summed E-state index contributed by atoms with van der Waals surface area (Å²) in [6, 6.07) is 5.34. The van der Waals surface area contributed by atoms with Crippen molar-refractivity contribution in [3.63, 3.8) is 0 Å². The molecule has 0 spiro atoms. The predicted molar refractivity (Wildman–Crippen MR) is 83.1 cm³/mol.